The lowest BCUT2D eigenvalue weighted by Gasteiger charge is -2.32. The maximum absolute atomic E-state index is 11.6. The van der Waals surface area contributed by atoms with Gasteiger partial charge in [0.2, 0.25) is 0 Å². The molecule has 0 unspecified atom stereocenters. The fourth-order valence-corrected chi connectivity index (χ4v) is 14.8. The minimum Gasteiger partial charge on any atom is -0.299 e. The van der Waals surface area contributed by atoms with Crippen LogP contribution in [0.5, 0.6) is 0 Å². The number of thiol groups is 2. The first-order valence-electron chi connectivity index (χ1n) is 21.2. The molecule has 2 saturated carbocycles. The Kier molecular flexibility index (Phi) is 15.1. The molecule has 52 heavy (non-hydrogen) atoms. The van der Waals surface area contributed by atoms with Crippen LogP contribution >= 0.6 is 48.8 Å². The Morgan fingerprint density at radius 1 is 0.558 bits per heavy atom. The van der Waals surface area contributed by atoms with Crippen molar-refractivity contribution in [3.05, 3.63) is 68.8 Å². The number of carbonyl (C=O) groups excluding carboxylic acids is 1. The standard InChI is InChI=1S/C23H32S2.C21H28O.C2H6S2.CH4/c1-2-3-16-4-6-17(7-5-16)18-10-19-12-21-14-23(24-8-9-25-23)15-22(21)13-20(19)11-18;1-2-3-14-4-6-15(7-5-14)16-8-17-10-19-12-21(22)13-20(19)11-18(17)9-16;3-1-2-4;/h12-13,16-18H,2-11,14-15H2,1H3;10-11,14-16H,2-9,12-13H2,1H3;3-4H,1-2H2;1H4. The van der Waals surface area contributed by atoms with Crippen LogP contribution in [-0.4, -0.2) is 32.9 Å². The molecule has 9 rings (SSSR count). The summed E-state index contributed by atoms with van der Waals surface area (Å²) in [6, 6.07) is 10.0. The van der Waals surface area contributed by atoms with Crippen LogP contribution in [0.3, 0.4) is 0 Å². The first-order chi connectivity index (χ1) is 24.9. The fraction of sp³-hybridized carbons (Fsp3) is 0.723. The van der Waals surface area contributed by atoms with Crippen LogP contribution in [0.2, 0.25) is 0 Å². The Labute approximate surface area is 338 Å². The molecule has 5 heteroatoms. The molecule has 0 radical (unpaired) electrons. The van der Waals surface area contributed by atoms with E-state index in [1.165, 1.54) is 138 Å². The van der Waals surface area contributed by atoms with E-state index in [1.807, 2.05) is 0 Å². The highest BCUT2D eigenvalue weighted by Gasteiger charge is 2.42. The van der Waals surface area contributed by atoms with Crippen molar-refractivity contribution in [1.82, 2.24) is 0 Å². The van der Waals surface area contributed by atoms with E-state index < -0.39 is 0 Å². The Morgan fingerprint density at radius 2 is 0.923 bits per heavy atom. The third-order valence-corrected chi connectivity index (χ3v) is 18.3. The van der Waals surface area contributed by atoms with E-state index in [-0.39, 0.29) is 7.43 Å². The van der Waals surface area contributed by atoms with Gasteiger partial charge in [0.25, 0.3) is 0 Å². The summed E-state index contributed by atoms with van der Waals surface area (Å²) in [6.45, 7) is 4.68. The quantitative estimate of drug-likeness (QED) is 0.273. The number of ketones is 1. The molecule has 288 valence electrons. The van der Waals surface area contributed by atoms with Crippen molar-refractivity contribution in [2.45, 2.75) is 154 Å². The average molecular weight is 779 g/mol. The monoisotopic (exact) mass is 778 g/mol. The lowest BCUT2D eigenvalue weighted by Crippen LogP contribution is -2.22. The lowest BCUT2D eigenvalue weighted by molar-refractivity contribution is -0.117. The van der Waals surface area contributed by atoms with Crippen LogP contribution in [0.25, 0.3) is 0 Å². The van der Waals surface area contributed by atoms with Crippen LogP contribution in [0.15, 0.2) is 24.3 Å². The zero-order valence-corrected chi connectivity index (χ0v) is 35.3. The van der Waals surface area contributed by atoms with Gasteiger partial charge in [0.15, 0.2) is 0 Å². The van der Waals surface area contributed by atoms with Gasteiger partial charge in [0.05, 0.1) is 4.08 Å². The molecule has 6 aliphatic carbocycles. The molecule has 1 aliphatic heterocycles. The van der Waals surface area contributed by atoms with E-state index in [0.29, 0.717) is 22.7 Å². The van der Waals surface area contributed by atoms with E-state index in [2.05, 4.69) is 86.9 Å². The number of fused-ring (bicyclic) bond motifs is 4. The molecular formula is C47H70OS4. The van der Waals surface area contributed by atoms with Crippen molar-refractivity contribution in [3.8, 4) is 0 Å². The van der Waals surface area contributed by atoms with Gasteiger partial charge in [-0.1, -0.05) is 96.9 Å². The van der Waals surface area contributed by atoms with E-state index in [4.69, 9.17) is 0 Å². The number of thioether (sulfide) groups is 2. The van der Waals surface area contributed by atoms with Crippen molar-refractivity contribution in [2.75, 3.05) is 23.0 Å². The van der Waals surface area contributed by atoms with Crippen molar-refractivity contribution in [1.29, 1.82) is 0 Å². The molecule has 2 aromatic rings. The molecule has 1 spiro atoms. The summed E-state index contributed by atoms with van der Waals surface area (Å²) in [7, 11) is 0. The van der Waals surface area contributed by atoms with E-state index in [0.717, 1.165) is 47.0 Å². The number of rotatable bonds is 7. The molecule has 0 amide bonds. The highest BCUT2D eigenvalue weighted by molar-refractivity contribution is 8.21. The lowest BCUT2D eigenvalue weighted by atomic mass is 9.74. The van der Waals surface area contributed by atoms with E-state index in [1.54, 1.807) is 33.4 Å². The van der Waals surface area contributed by atoms with E-state index >= 15 is 0 Å². The number of Topliss-reactive ketones (excluding diaryl/α,β-unsaturated/α-hetero) is 1. The molecule has 0 atom stereocenters. The minimum absolute atomic E-state index is 0. The van der Waals surface area contributed by atoms with Gasteiger partial charge < -0.3 is 0 Å². The van der Waals surface area contributed by atoms with Gasteiger partial charge in [-0.3, -0.25) is 4.79 Å². The molecule has 0 aromatic heterocycles. The number of benzene rings is 2. The predicted octanol–water partition coefficient (Wildman–Crippen LogP) is 12.4. The second-order valence-corrected chi connectivity index (χ2v) is 21.7. The summed E-state index contributed by atoms with van der Waals surface area (Å²) in [5, 5.41) is 0. The van der Waals surface area contributed by atoms with Crippen LogP contribution in [0.4, 0.5) is 0 Å². The molecule has 1 nitrogen and oxygen atoms in total. The largest absolute Gasteiger partial charge is 0.299 e. The molecule has 7 aliphatic rings. The maximum atomic E-state index is 11.6. The summed E-state index contributed by atoms with van der Waals surface area (Å²) in [5.74, 6) is 10.8. The van der Waals surface area contributed by atoms with Crippen LogP contribution < -0.4 is 0 Å². The summed E-state index contributed by atoms with van der Waals surface area (Å²) in [6.07, 6.45) is 26.9. The molecular weight excluding hydrogens is 709 g/mol. The fourth-order valence-electron chi connectivity index (χ4n) is 11.5. The highest BCUT2D eigenvalue weighted by Crippen LogP contribution is 2.53. The zero-order chi connectivity index (χ0) is 35.4. The van der Waals surface area contributed by atoms with Gasteiger partial charge in [-0.2, -0.15) is 25.3 Å². The molecule has 0 N–H and O–H groups in total. The maximum Gasteiger partial charge on any atom is 0.141 e. The molecule has 0 bridgehead atoms. The van der Waals surface area contributed by atoms with Crippen LogP contribution in [0, 0.1) is 35.5 Å². The summed E-state index contributed by atoms with van der Waals surface area (Å²) >= 11 is 12.2. The van der Waals surface area contributed by atoms with Gasteiger partial charge in [-0.05, 0) is 156 Å². The SMILES string of the molecule is C.CCCC1CCC(C2Cc3cc4c(cc3C2)CC(=O)C4)CC1.CCCC1CCC(C2Cc3cc4c(cc3C2)CC2(C4)SCCS2)CC1.SCCS. The van der Waals surface area contributed by atoms with Gasteiger partial charge in [-0.15, -0.1) is 23.5 Å². The third-order valence-electron chi connectivity index (χ3n) is 14.1. The average Bonchev–Trinajstić information content (AvgIpc) is 3.98. The van der Waals surface area contributed by atoms with Crippen molar-refractivity contribution < 1.29 is 4.79 Å². The van der Waals surface area contributed by atoms with Gasteiger partial charge in [0.1, 0.15) is 5.78 Å². The summed E-state index contributed by atoms with van der Waals surface area (Å²) in [5.41, 5.74) is 12.6. The first kappa shape index (κ1) is 41.2. The molecule has 3 fully saturated rings. The molecule has 2 aromatic carbocycles. The summed E-state index contributed by atoms with van der Waals surface area (Å²) < 4.78 is 0.522. The third kappa shape index (κ3) is 9.72. The second kappa shape index (κ2) is 19.1. The van der Waals surface area contributed by atoms with Crippen molar-refractivity contribution >= 4 is 54.6 Å². The Balaban J connectivity index is 0.000000160. The Morgan fingerprint density at radius 3 is 1.27 bits per heavy atom. The smallest absolute Gasteiger partial charge is 0.141 e. The Hall–Kier alpha value is -0.490. The summed E-state index contributed by atoms with van der Waals surface area (Å²) in [4.78, 5) is 11.6. The van der Waals surface area contributed by atoms with E-state index in [9.17, 15) is 4.79 Å². The highest BCUT2D eigenvalue weighted by atomic mass is 32.2. The zero-order valence-electron chi connectivity index (χ0n) is 31.9. The van der Waals surface area contributed by atoms with Gasteiger partial charge >= 0.3 is 0 Å². The topological polar surface area (TPSA) is 17.1 Å². The van der Waals surface area contributed by atoms with Crippen molar-refractivity contribution in [2.24, 2.45) is 35.5 Å². The van der Waals surface area contributed by atoms with Crippen LogP contribution in [-0.2, 0) is 56.2 Å². The second-order valence-electron chi connectivity index (χ2n) is 17.6. The molecule has 1 heterocycles. The van der Waals surface area contributed by atoms with Gasteiger partial charge in [0, 0.05) is 24.3 Å². The van der Waals surface area contributed by atoms with Gasteiger partial charge in [-0.25, -0.2) is 0 Å². The van der Waals surface area contributed by atoms with Crippen molar-refractivity contribution in [3.63, 3.8) is 0 Å². The molecule has 1 saturated heterocycles. The normalized spacial score (nSPS) is 27.2. The predicted molar refractivity (Wildman–Crippen MR) is 237 cm³/mol. The minimum atomic E-state index is 0. The Bertz CT molecular complexity index is 1400. The van der Waals surface area contributed by atoms with Crippen LogP contribution in [0.1, 0.15) is 143 Å². The number of carbonyl (C=O) groups is 1. The first-order valence-corrected chi connectivity index (χ1v) is 24.4. The number of hydrogen-bond acceptors (Lipinski definition) is 5. The number of hydrogen-bond donors (Lipinski definition) is 2.